The van der Waals surface area contributed by atoms with Crippen LogP contribution in [0.5, 0.6) is 0 Å². The maximum absolute atomic E-state index is 12.1. The first-order valence-corrected chi connectivity index (χ1v) is 6.42. The minimum absolute atomic E-state index is 0.0923. The van der Waals surface area contributed by atoms with Crippen LogP contribution in [0.25, 0.3) is 0 Å². The first kappa shape index (κ1) is 13.1. The molecule has 0 atom stereocenters. The minimum atomic E-state index is -0.0923. The molecule has 0 unspecified atom stereocenters. The van der Waals surface area contributed by atoms with Crippen LogP contribution in [0, 0.1) is 6.92 Å². The van der Waals surface area contributed by atoms with Gasteiger partial charge in [-0.15, -0.1) is 0 Å². The molecule has 0 aromatic heterocycles. The Morgan fingerprint density at radius 3 is 2.47 bits per heavy atom. The number of hydrogen-bond donors (Lipinski definition) is 2. The third-order valence-electron chi connectivity index (χ3n) is 2.91. The van der Waals surface area contributed by atoms with Gasteiger partial charge in [-0.25, -0.2) is 0 Å². The fraction of sp³-hybridized carbons (Fsp3) is 0.188. The summed E-state index contributed by atoms with van der Waals surface area (Å²) in [5.41, 5.74) is 3.57. The number of benzene rings is 2. The number of amides is 1. The average Bonchev–Trinajstić information content (AvgIpc) is 2.43. The summed E-state index contributed by atoms with van der Waals surface area (Å²) in [5, 5.41) is 6.24. The molecule has 1 amide bonds. The normalized spacial score (nSPS) is 10.0. The van der Waals surface area contributed by atoms with E-state index in [4.69, 9.17) is 0 Å². The van der Waals surface area contributed by atoms with Crippen LogP contribution < -0.4 is 10.6 Å². The molecule has 0 radical (unpaired) electrons. The topological polar surface area (TPSA) is 41.1 Å². The molecule has 0 aliphatic heterocycles. The van der Waals surface area contributed by atoms with Crippen LogP contribution in [-0.2, 0) is 0 Å². The van der Waals surface area contributed by atoms with Gasteiger partial charge in [-0.1, -0.05) is 30.3 Å². The lowest BCUT2D eigenvalue weighted by molar-refractivity contribution is 0.102. The number of hydrogen-bond acceptors (Lipinski definition) is 2. The molecule has 98 valence electrons. The number of anilines is 2. The molecule has 0 saturated heterocycles. The molecule has 19 heavy (non-hydrogen) atoms. The van der Waals surface area contributed by atoms with Gasteiger partial charge < -0.3 is 10.6 Å². The number of aryl methyl sites for hydroxylation is 1. The van der Waals surface area contributed by atoms with Gasteiger partial charge in [-0.3, -0.25) is 4.79 Å². The van der Waals surface area contributed by atoms with E-state index in [1.54, 1.807) is 12.1 Å². The van der Waals surface area contributed by atoms with Crippen LogP contribution in [-0.4, -0.2) is 12.5 Å². The van der Waals surface area contributed by atoms with Crippen LogP contribution in [0.4, 0.5) is 11.4 Å². The summed E-state index contributed by atoms with van der Waals surface area (Å²) in [5.74, 6) is -0.0923. The summed E-state index contributed by atoms with van der Waals surface area (Å²) in [6.07, 6.45) is 0. The highest BCUT2D eigenvalue weighted by Gasteiger charge is 2.09. The molecule has 0 heterocycles. The van der Waals surface area contributed by atoms with Gasteiger partial charge in [-0.05, 0) is 37.6 Å². The van der Waals surface area contributed by atoms with Gasteiger partial charge in [-0.2, -0.15) is 0 Å². The molecule has 0 spiro atoms. The molecule has 0 aliphatic rings. The lowest BCUT2D eigenvalue weighted by Gasteiger charge is -2.14. The van der Waals surface area contributed by atoms with Crippen LogP contribution in [0.3, 0.4) is 0 Å². The quantitative estimate of drug-likeness (QED) is 0.873. The second kappa shape index (κ2) is 6.05. The van der Waals surface area contributed by atoms with Gasteiger partial charge in [0, 0.05) is 12.1 Å². The van der Waals surface area contributed by atoms with Crippen molar-refractivity contribution in [2.45, 2.75) is 13.8 Å². The van der Waals surface area contributed by atoms with E-state index in [0.717, 1.165) is 23.5 Å². The summed E-state index contributed by atoms with van der Waals surface area (Å²) < 4.78 is 0. The highest BCUT2D eigenvalue weighted by molar-refractivity contribution is 6.06. The average molecular weight is 254 g/mol. The molecule has 3 heteroatoms. The van der Waals surface area contributed by atoms with Crippen LogP contribution in [0.1, 0.15) is 22.8 Å². The Labute approximate surface area is 113 Å². The van der Waals surface area contributed by atoms with Crippen molar-refractivity contribution in [2.24, 2.45) is 0 Å². The lowest BCUT2D eigenvalue weighted by Crippen LogP contribution is -2.14. The Balaban J connectivity index is 2.24. The minimum Gasteiger partial charge on any atom is -0.383 e. The Morgan fingerprint density at radius 2 is 1.79 bits per heavy atom. The molecule has 2 aromatic carbocycles. The summed E-state index contributed by atoms with van der Waals surface area (Å²) in [4.78, 5) is 12.1. The third kappa shape index (κ3) is 3.13. The van der Waals surface area contributed by atoms with E-state index < -0.39 is 0 Å². The highest BCUT2D eigenvalue weighted by Crippen LogP contribution is 2.25. The molecule has 0 saturated carbocycles. The second-order valence-corrected chi connectivity index (χ2v) is 4.35. The predicted molar refractivity (Wildman–Crippen MR) is 79.7 cm³/mol. The maximum Gasteiger partial charge on any atom is 0.255 e. The van der Waals surface area contributed by atoms with E-state index in [9.17, 15) is 4.79 Å². The van der Waals surface area contributed by atoms with Gasteiger partial charge in [0.25, 0.3) is 5.91 Å². The number of carbonyl (C=O) groups excluding carboxylic acids is 1. The van der Waals surface area contributed by atoms with Crippen molar-refractivity contribution in [3.8, 4) is 0 Å². The van der Waals surface area contributed by atoms with Gasteiger partial charge >= 0.3 is 0 Å². The smallest absolute Gasteiger partial charge is 0.255 e. The Hall–Kier alpha value is -2.29. The molecular weight excluding hydrogens is 236 g/mol. The number of rotatable bonds is 4. The molecule has 2 N–H and O–H groups in total. The first-order chi connectivity index (χ1) is 9.22. The predicted octanol–water partition coefficient (Wildman–Crippen LogP) is 3.68. The van der Waals surface area contributed by atoms with Crippen LogP contribution in [0.2, 0.25) is 0 Å². The SMILES string of the molecule is CCNc1c(C)cccc1NC(=O)c1ccccc1. The monoisotopic (exact) mass is 254 g/mol. The van der Waals surface area contributed by atoms with Crippen molar-refractivity contribution in [3.63, 3.8) is 0 Å². The fourth-order valence-electron chi connectivity index (χ4n) is 1.97. The Morgan fingerprint density at radius 1 is 1.05 bits per heavy atom. The Kier molecular flexibility index (Phi) is 4.18. The summed E-state index contributed by atoms with van der Waals surface area (Å²) >= 11 is 0. The first-order valence-electron chi connectivity index (χ1n) is 6.42. The van der Waals surface area contributed by atoms with Crippen LogP contribution >= 0.6 is 0 Å². The highest BCUT2D eigenvalue weighted by atomic mass is 16.1. The summed E-state index contributed by atoms with van der Waals surface area (Å²) in [6, 6.07) is 15.1. The number of carbonyl (C=O) groups is 1. The van der Waals surface area contributed by atoms with Gasteiger partial charge in [0.2, 0.25) is 0 Å². The van der Waals surface area contributed by atoms with Crippen molar-refractivity contribution < 1.29 is 4.79 Å². The van der Waals surface area contributed by atoms with Crippen molar-refractivity contribution in [2.75, 3.05) is 17.2 Å². The van der Waals surface area contributed by atoms with E-state index in [2.05, 4.69) is 10.6 Å². The zero-order valence-electron chi connectivity index (χ0n) is 11.2. The van der Waals surface area contributed by atoms with Gasteiger partial charge in [0.1, 0.15) is 0 Å². The molecule has 2 rings (SSSR count). The fourth-order valence-corrected chi connectivity index (χ4v) is 1.97. The van der Waals surface area contributed by atoms with E-state index in [-0.39, 0.29) is 5.91 Å². The molecule has 3 nitrogen and oxygen atoms in total. The van der Waals surface area contributed by atoms with Gasteiger partial charge in [0.05, 0.1) is 11.4 Å². The van der Waals surface area contributed by atoms with Gasteiger partial charge in [0.15, 0.2) is 0 Å². The van der Waals surface area contributed by atoms with Crippen molar-refractivity contribution in [1.82, 2.24) is 0 Å². The third-order valence-corrected chi connectivity index (χ3v) is 2.91. The summed E-state index contributed by atoms with van der Waals surface area (Å²) in [6.45, 7) is 4.88. The van der Waals surface area contributed by atoms with Crippen molar-refractivity contribution in [1.29, 1.82) is 0 Å². The number of para-hydroxylation sites is 1. The van der Waals surface area contributed by atoms with Crippen molar-refractivity contribution in [3.05, 3.63) is 59.7 Å². The van der Waals surface area contributed by atoms with E-state index >= 15 is 0 Å². The standard InChI is InChI=1S/C16H18N2O/c1-3-17-15-12(2)8-7-11-14(15)18-16(19)13-9-5-4-6-10-13/h4-11,17H,3H2,1-2H3,(H,18,19). The van der Waals surface area contributed by atoms with E-state index in [1.165, 1.54) is 0 Å². The van der Waals surface area contributed by atoms with E-state index in [1.807, 2.05) is 50.2 Å². The van der Waals surface area contributed by atoms with Crippen molar-refractivity contribution >= 4 is 17.3 Å². The molecule has 0 bridgehead atoms. The summed E-state index contributed by atoms with van der Waals surface area (Å²) in [7, 11) is 0. The zero-order valence-corrected chi connectivity index (χ0v) is 11.2. The zero-order chi connectivity index (χ0) is 13.7. The maximum atomic E-state index is 12.1. The second-order valence-electron chi connectivity index (χ2n) is 4.35. The Bertz CT molecular complexity index is 564. The molecular formula is C16H18N2O. The molecule has 2 aromatic rings. The molecule has 0 aliphatic carbocycles. The largest absolute Gasteiger partial charge is 0.383 e. The number of nitrogens with one attached hydrogen (secondary N) is 2. The molecule has 0 fully saturated rings. The lowest BCUT2D eigenvalue weighted by atomic mass is 10.1. The van der Waals surface area contributed by atoms with E-state index in [0.29, 0.717) is 5.56 Å². The van der Waals surface area contributed by atoms with Crippen LogP contribution in [0.15, 0.2) is 48.5 Å².